The van der Waals surface area contributed by atoms with Gasteiger partial charge in [-0.15, -0.1) is 22.7 Å². The van der Waals surface area contributed by atoms with Crippen LogP contribution in [0.5, 0.6) is 0 Å². The Labute approximate surface area is 141 Å². The normalized spacial score (nSPS) is 11.0. The fourth-order valence-corrected chi connectivity index (χ4v) is 3.57. The van der Waals surface area contributed by atoms with Crippen LogP contribution in [0.1, 0.15) is 20.8 Å². The summed E-state index contributed by atoms with van der Waals surface area (Å²) in [5.74, 6) is -0.939. The molecule has 2 aromatic heterocycles. The van der Waals surface area contributed by atoms with Crippen LogP contribution in [-0.2, 0) is 0 Å². The lowest BCUT2D eigenvalue weighted by molar-refractivity contribution is 0.0697. The Morgan fingerprint density at radius 3 is 2.74 bits per heavy atom. The molecule has 0 bridgehead atoms. The molecule has 3 aromatic rings. The molecule has 0 unspecified atom stereocenters. The van der Waals surface area contributed by atoms with Gasteiger partial charge in [0.05, 0.1) is 22.3 Å². The van der Waals surface area contributed by atoms with E-state index in [1.807, 2.05) is 24.4 Å². The van der Waals surface area contributed by atoms with Gasteiger partial charge in [-0.25, -0.2) is 9.78 Å². The van der Waals surface area contributed by atoms with Gasteiger partial charge in [-0.3, -0.25) is 5.43 Å². The summed E-state index contributed by atoms with van der Waals surface area (Å²) in [6.45, 7) is 2.03. The minimum Gasteiger partial charge on any atom is -0.478 e. The molecule has 116 valence electrons. The van der Waals surface area contributed by atoms with Gasteiger partial charge in [0.25, 0.3) is 0 Å². The molecule has 23 heavy (non-hydrogen) atoms. The molecule has 0 aliphatic rings. The summed E-state index contributed by atoms with van der Waals surface area (Å²) in [7, 11) is 0. The van der Waals surface area contributed by atoms with Gasteiger partial charge in [0.2, 0.25) is 5.13 Å². The number of nitrogens with one attached hydrogen (secondary N) is 1. The molecule has 5 nitrogen and oxygen atoms in total. The zero-order valence-electron chi connectivity index (χ0n) is 12.2. The van der Waals surface area contributed by atoms with Crippen molar-refractivity contribution in [1.29, 1.82) is 0 Å². The fraction of sp³-hybridized carbons (Fsp3) is 0.0625. The second-order valence-electron chi connectivity index (χ2n) is 4.70. The monoisotopic (exact) mass is 343 g/mol. The average molecular weight is 343 g/mol. The van der Waals surface area contributed by atoms with E-state index in [2.05, 4.69) is 15.5 Å². The predicted octanol–water partition coefficient (Wildman–Crippen LogP) is 4.32. The van der Waals surface area contributed by atoms with Crippen LogP contribution < -0.4 is 5.43 Å². The van der Waals surface area contributed by atoms with E-state index in [4.69, 9.17) is 5.11 Å². The number of hydrazone groups is 1. The van der Waals surface area contributed by atoms with E-state index in [9.17, 15) is 4.79 Å². The standard InChI is InChI=1S/C16H13N3O2S2/c1-10-14(13-3-2-8-22-13)18-16(23-10)19-17-9-11-4-6-12(7-5-11)15(20)21/h2-9H,1H3,(H,18,19)(H,20,21)/b17-9-. The second kappa shape index (κ2) is 6.72. The molecule has 1 aromatic carbocycles. The molecular formula is C16H13N3O2S2. The maximum Gasteiger partial charge on any atom is 0.335 e. The largest absolute Gasteiger partial charge is 0.478 e. The lowest BCUT2D eigenvalue weighted by Gasteiger charge is -1.96. The fourth-order valence-electron chi connectivity index (χ4n) is 1.96. The van der Waals surface area contributed by atoms with E-state index >= 15 is 0 Å². The number of carboxylic acids is 1. The number of hydrogen-bond acceptors (Lipinski definition) is 6. The highest BCUT2D eigenvalue weighted by molar-refractivity contribution is 7.17. The van der Waals surface area contributed by atoms with Gasteiger partial charge in [-0.1, -0.05) is 18.2 Å². The van der Waals surface area contributed by atoms with Gasteiger partial charge in [-0.05, 0) is 36.1 Å². The Hall–Kier alpha value is -2.51. The molecule has 7 heteroatoms. The number of hydrogen-bond donors (Lipinski definition) is 2. The molecule has 0 aliphatic carbocycles. The van der Waals surface area contributed by atoms with Crippen molar-refractivity contribution in [3.8, 4) is 10.6 Å². The Bertz CT molecular complexity index is 837. The molecule has 0 saturated carbocycles. The minimum atomic E-state index is -0.939. The van der Waals surface area contributed by atoms with Gasteiger partial charge in [0.1, 0.15) is 0 Å². The van der Waals surface area contributed by atoms with Crippen LogP contribution >= 0.6 is 22.7 Å². The molecule has 0 fully saturated rings. The number of carboxylic acid groups (broad SMARTS) is 1. The number of benzene rings is 1. The predicted molar refractivity (Wildman–Crippen MR) is 94.8 cm³/mol. The van der Waals surface area contributed by atoms with Crippen LogP contribution in [0.4, 0.5) is 5.13 Å². The SMILES string of the molecule is Cc1sc(N/N=C\c2ccc(C(=O)O)cc2)nc1-c1cccs1. The number of aromatic nitrogens is 1. The first-order chi connectivity index (χ1) is 11.1. The number of thiophene rings is 1. The number of aryl methyl sites for hydroxylation is 1. The Kier molecular flexibility index (Phi) is 4.50. The zero-order chi connectivity index (χ0) is 16.2. The number of rotatable bonds is 5. The number of aromatic carboxylic acids is 1. The lowest BCUT2D eigenvalue weighted by Crippen LogP contribution is -1.96. The smallest absolute Gasteiger partial charge is 0.335 e. The molecule has 2 heterocycles. The van der Waals surface area contributed by atoms with Crippen LogP contribution in [0.3, 0.4) is 0 Å². The minimum absolute atomic E-state index is 0.256. The highest BCUT2D eigenvalue weighted by atomic mass is 32.1. The summed E-state index contributed by atoms with van der Waals surface area (Å²) in [6.07, 6.45) is 1.63. The van der Waals surface area contributed by atoms with Gasteiger partial charge in [0, 0.05) is 4.88 Å². The maximum atomic E-state index is 10.8. The van der Waals surface area contributed by atoms with Crippen molar-refractivity contribution in [2.75, 3.05) is 5.43 Å². The number of nitrogens with zero attached hydrogens (tertiary/aromatic N) is 2. The maximum absolute atomic E-state index is 10.8. The Morgan fingerprint density at radius 2 is 2.09 bits per heavy atom. The van der Waals surface area contributed by atoms with E-state index < -0.39 is 5.97 Å². The summed E-state index contributed by atoms with van der Waals surface area (Å²) >= 11 is 3.20. The van der Waals surface area contributed by atoms with E-state index in [-0.39, 0.29) is 5.56 Å². The zero-order valence-corrected chi connectivity index (χ0v) is 13.8. The Morgan fingerprint density at radius 1 is 1.30 bits per heavy atom. The molecule has 3 rings (SSSR count). The van der Waals surface area contributed by atoms with E-state index in [1.54, 1.807) is 53.2 Å². The highest BCUT2D eigenvalue weighted by Crippen LogP contribution is 2.32. The molecule has 0 amide bonds. The summed E-state index contributed by atoms with van der Waals surface area (Å²) in [4.78, 5) is 17.6. The van der Waals surface area contributed by atoms with E-state index in [0.717, 1.165) is 26.1 Å². The van der Waals surface area contributed by atoms with Crippen LogP contribution in [0.25, 0.3) is 10.6 Å². The van der Waals surface area contributed by atoms with Crippen molar-refractivity contribution in [3.05, 3.63) is 57.8 Å². The van der Waals surface area contributed by atoms with Crippen molar-refractivity contribution in [2.24, 2.45) is 5.10 Å². The molecule has 2 N–H and O–H groups in total. The van der Waals surface area contributed by atoms with Gasteiger partial charge in [0.15, 0.2) is 0 Å². The van der Waals surface area contributed by atoms with Crippen molar-refractivity contribution in [2.45, 2.75) is 6.92 Å². The number of carbonyl (C=O) groups is 1. The van der Waals surface area contributed by atoms with Crippen LogP contribution in [0, 0.1) is 6.92 Å². The summed E-state index contributed by atoms with van der Waals surface area (Å²) in [5.41, 5.74) is 4.97. The average Bonchev–Trinajstić information content (AvgIpc) is 3.17. The Balaban J connectivity index is 1.68. The topological polar surface area (TPSA) is 74.6 Å². The molecule has 0 spiro atoms. The van der Waals surface area contributed by atoms with Crippen molar-refractivity contribution < 1.29 is 9.90 Å². The lowest BCUT2D eigenvalue weighted by atomic mass is 10.1. The van der Waals surface area contributed by atoms with Crippen LogP contribution in [0.2, 0.25) is 0 Å². The molecule has 0 atom stereocenters. The van der Waals surface area contributed by atoms with Crippen molar-refractivity contribution in [1.82, 2.24) is 4.98 Å². The summed E-state index contributed by atoms with van der Waals surface area (Å²) in [5, 5.41) is 15.8. The van der Waals surface area contributed by atoms with Crippen LogP contribution in [-0.4, -0.2) is 22.3 Å². The molecule has 0 saturated heterocycles. The van der Waals surface area contributed by atoms with E-state index in [0.29, 0.717) is 0 Å². The van der Waals surface area contributed by atoms with E-state index in [1.165, 1.54) is 0 Å². The first kappa shape index (κ1) is 15.4. The molecular weight excluding hydrogens is 330 g/mol. The first-order valence-electron chi connectivity index (χ1n) is 6.77. The van der Waals surface area contributed by atoms with Crippen molar-refractivity contribution >= 4 is 40.0 Å². The van der Waals surface area contributed by atoms with Crippen LogP contribution in [0.15, 0.2) is 46.9 Å². The first-order valence-corrected chi connectivity index (χ1v) is 8.47. The number of thiazole rings is 1. The summed E-state index contributed by atoms with van der Waals surface area (Å²) in [6, 6.07) is 10.6. The third-order valence-corrected chi connectivity index (χ3v) is 4.83. The summed E-state index contributed by atoms with van der Waals surface area (Å²) < 4.78 is 0. The van der Waals surface area contributed by atoms with Gasteiger partial charge < -0.3 is 5.11 Å². The van der Waals surface area contributed by atoms with Gasteiger partial charge in [-0.2, -0.15) is 5.10 Å². The van der Waals surface area contributed by atoms with Gasteiger partial charge >= 0.3 is 5.97 Å². The highest BCUT2D eigenvalue weighted by Gasteiger charge is 2.09. The third-order valence-electron chi connectivity index (χ3n) is 3.08. The quantitative estimate of drug-likeness (QED) is 0.534. The second-order valence-corrected chi connectivity index (χ2v) is 6.85. The molecule has 0 radical (unpaired) electrons. The number of anilines is 1. The molecule has 0 aliphatic heterocycles. The third kappa shape index (κ3) is 3.64. The van der Waals surface area contributed by atoms with Crippen molar-refractivity contribution in [3.63, 3.8) is 0 Å².